The van der Waals surface area contributed by atoms with Gasteiger partial charge in [0.2, 0.25) is 0 Å². The molecule has 2 nitrogen and oxygen atoms in total. The topological polar surface area (TPSA) is 26.3 Å². The lowest BCUT2D eigenvalue weighted by Crippen LogP contribution is -2.15. The molecule has 0 aromatic heterocycles. The van der Waals surface area contributed by atoms with Crippen molar-refractivity contribution in [3.63, 3.8) is 0 Å². The zero-order valence-electron chi connectivity index (χ0n) is 7.81. The molecule has 0 heterocycles. The summed E-state index contributed by atoms with van der Waals surface area (Å²) < 4.78 is 4.98. The summed E-state index contributed by atoms with van der Waals surface area (Å²) in [5.41, 5.74) is 0. The van der Waals surface area contributed by atoms with Crippen molar-refractivity contribution in [2.45, 2.75) is 45.6 Å². The Labute approximate surface area is 79.2 Å². The van der Waals surface area contributed by atoms with E-state index in [0.717, 1.165) is 12.8 Å². The molecule has 0 N–H and O–H groups in total. The number of ether oxygens (including phenoxy) is 1. The van der Waals surface area contributed by atoms with E-state index >= 15 is 0 Å². The summed E-state index contributed by atoms with van der Waals surface area (Å²) in [6.45, 7) is 4.05. The van der Waals surface area contributed by atoms with E-state index in [1.54, 1.807) is 0 Å². The molecule has 0 spiro atoms. The van der Waals surface area contributed by atoms with Crippen LogP contribution < -0.4 is 0 Å². The summed E-state index contributed by atoms with van der Waals surface area (Å²) in [4.78, 5) is 10.7. The fourth-order valence-corrected chi connectivity index (χ4v) is 1.06. The molecule has 0 fully saturated rings. The number of hydrogen-bond acceptors (Lipinski definition) is 2. The van der Waals surface area contributed by atoms with Gasteiger partial charge < -0.3 is 4.74 Å². The number of alkyl halides is 1. The van der Waals surface area contributed by atoms with E-state index < -0.39 is 0 Å². The average molecular weight is 193 g/mol. The lowest BCUT2D eigenvalue weighted by Gasteiger charge is -2.11. The smallest absolute Gasteiger partial charge is 0.321 e. The number of hydrogen-bond donors (Lipinski definition) is 0. The van der Waals surface area contributed by atoms with Crippen molar-refractivity contribution in [1.82, 2.24) is 0 Å². The summed E-state index contributed by atoms with van der Waals surface area (Å²) in [5.74, 6) is -0.362. The molecular weight excluding hydrogens is 176 g/mol. The van der Waals surface area contributed by atoms with Crippen molar-refractivity contribution in [1.29, 1.82) is 0 Å². The van der Waals surface area contributed by atoms with Crippen LogP contribution in [-0.4, -0.2) is 18.0 Å². The standard InChI is InChI=1S/C9H17ClO2/c1-3-4-5-6-8(2)12-9(11)7-10/h8H,3-7H2,1-2H3. The molecule has 72 valence electrons. The predicted octanol–water partition coefficient (Wildman–Crippen LogP) is 2.74. The van der Waals surface area contributed by atoms with E-state index in [4.69, 9.17) is 16.3 Å². The zero-order chi connectivity index (χ0) is 9.40. The molecule has 12 heavy (non-hydrogen) atoms. The van der Waals surface area contributed by atoms with Gasteiger partial charge in [-0.25, -0.2) is 0 Å². The van der Waals surface area contributed by atoms with E-state index in [9.17, 15) is 4.79 Å². The van der Waals surface area contributed by atoms with Gasteiger partial charge in [-0.2, -0.15) is 0 Å². The average Bonchev–Trinajstić information content (AvgIpc) is 2.05. The summed E-state index contributed by atoms with van der Waals surface area (Å²) in [7, 11) is 0. The minimum absolute atomic E-state index is 0.0165. The Balaban J connectivity index is 3.32. The van der Waals surface area contributed by atoms with Gasteiger partial charge in [-0.15, -0.1) is 11.6 Å². The molecule has 0 rings (SSSR count). The van der Waals surface area contributed by atoms with Crippen molar-refractivity contribution in [3.05, 3.63) is 0 Å². The molecule has 0 aromatic rings. The summed E-state index contributed by atoms with van der Waals surface area (Å²) in [6.07, 6.45) is 4.46. The van der Waals surface area contributed by atoms with Crippen LogP contribution in [0.3, 0.4) is 0 Å². The van der Waals surface area contributed by atoms with Crippen LogP contribution in [0.15, 0.2) is 0 Å². The van der Waals surface area contributed by atoms with Crippen LogP contribution in [0.25, 0.3) is 0 Å². The van der Waals surface area contributed by atoms with Crippen molar-refractivity contribution >= 4 is 17.6 Å². The number of rotatable bonds is 6. The molecule has 0 aliphatic carbocycles. The molecule has 0 bridgehead atoms. The second-order valence-corrected chi connectivity index (χ2v) is 3.20. The highest BCUT2D eigenvalue weighted by Crippen LogP contribution is 2.06. The number of unbranched alkanes of at least 4 members (excludes halogenated alkanes) is 2. The molecule has 0 aliphatic heterocycles. The third-order valence-corrected chi connectivity index (χ3v) is 1.87. The molecule has 0 aliphatic rings. The fourth-order valence-electron chi connectivity index (χ4n) is 0.997. The number of carbonyl (C=O) groups is 1. The molecular formula is C9H17ClO2. The Morgan fingerprint density at radius 1 is 1.50 bits per heavy atom. The van der Waals surface area contributed by atoms with Gasteiger partial charge in [0.15, 0.2) is 0 Å². The first-order chi connectivity index (χ1) is 5.70. The first kappa shape index (κ1) is 11.8. The quantitative estimate of drug-likeness (QED) is 0.368. The highest BCUT2D eigenvalue weighted by molar-refractivity contribution is 6.26. The van der Waals surface area contributed by atoms with Gasteiger partial charge in [0, 0.05) is 0 Å². The van der Waals surface area contributed by atoms with Gasteiger partial charge in [0.05, 0.1) is 6.10 Å². The molecule has 1 unspecified atom stereocenters. The maximum Gasteiger partial charge on any atom is 0.321 e. The molecule has 1 atom stereocenters. The summed E-state index contributed by atoms with van der Waals surface area (Å²) in [6, 6.07) is 0. The van der Waals surface area contributed by atoms with Crippen LogP contribution in [0.4, 0.5) is 0 Å². The number of esters is 1. The van der Waals surface area contributed by atoms with Crippen molar-refractivity contribution in [3.8, 4) is 0 Å². The van der Waals surface area contributed by atoms with Gasteiger partial charge in [-0.05, 0) is 19.8 Å². The second-order valence-electron chi connectivity index (χ2n) is 2.93. The molecule has 0 amide bonds. The van der Waals surface area contributed by atoms with Gasteiger partial charge in [-0.1, -0.05) is 19.8 Å². The summed E-state index contributed by atoms with van der Waals surface area (Å²) in [5, 5.41) is 0. The highest BCUT2D eigenvalue weighted by Gasteiger charge is 2.06. The van der Waals surface area contributed by atoms with Crippen molar-refractivity contribution < 1.29 is 9.53 Å². The number of carbonyl (C=O) groups excluding carboxylic acids is 1. The lowest BCUT2D eigenvalue weighted by atomic mass is 10.1. The van der Waals surface area contributed by atoms with Gasteiger partial charge in [-0.3, -0.25) is 4.79 Å². The van der Waals surface area contributed by atoms with Crippen LogP contribution in [0.1, 0.15) is 39.5 Å². The Morgan fingerprint density at radius 3 is 2.67 bits per heavy atom. The van der Waals surface area contributed by atoms with Crippen LogP contribution >= 0.6 is 11.6 Å². The van der Waals surface area contributed by atoms with E-state index in [2.05, 4.69) is 6.92 Å². The monoisotopic (exact) mass is 192 g/mol. The fraction of sp³-hybridized carbons (Fsp3) is 0.889. The maximum atomic E-state index is 10.7. The number of halogens is 1. The minimum Gasteiger partial charge on any atom is -0.462 e. The van der Waals surface area contributed by atoms with Crippen LogP contribution in [-0.2, 0) is 9.53 Å². The SMILES string of the molecule is CCCCCC(C)OC(=O)CCl. The normalized spacial score (nSPS) is 12.6. The predicted molar refractivity (Wildman–Crippen MR) is 50.4 cm³/mol. The van der Waals surface area contributed by atoms with E-state index in [-0.39, 0.29) is 18.0 Å². The molecule has 3 heteroatoms. The van der Waals surface area contributed by atoms with Crippen LogP contribution in [0, 0.1) is 0 Å². The first-order valence-corrected chi connectivity index (χ1v) is 4.99. The zero-order valence-corrected chi connectivity index (χ0v) is 8.56. The Morgan fingerprint density at radius 2 is 2.17 bits per heavy atom. The van der Waals surface area contributed by atoms with Gasteiger partial charge >= 0.3 is 5.97 Å². The first-order valence-electron chi connectivity index (χ1n) is 4.46. The molecule has 0 saturated carbocycles. The Kier molecular flexibility index (Phi) is 7.26. The van der Waals surface area contributed by atoms with Gasteiger partial charge in [0.25, 0.3) is 0 Å². The highest BCUT2D eigenvalue weighted by atomic mass is 35.5. The van der Waals surface area contributed by atoms with Crippen molar-refractivity contribution in [2.24, 2.45) is 0 Å². The van der Waals surface area contributed by atoms with E-state index in [1.807, 2.05) is 6.92 Å². The third-order valence-electron chi connectivity index (χ3n) is 1.66. The van der Waals surface area contributed by atoms with E-state index in [0.29, 0.717) is 0 Å². The van der Waals surface area contributed by atoms with Gasteiger partial charge in [0.1, 0.15) is 5.88 Å². The minimum atomic E-state index is -0.319. The molecule has 0 radical (unpaired) electrons. The van der Waals surface area contributed by atoms with Crippen molar-refractivity contribution in [2.75, 3.05) is 5.88 Å². The van der Waals surface area contributed by atoms with Crippen LogP contribution in [0.5, 0.6) is 0 Å². The lowest BCUT2D eigenvalue weighted by molar-refractivity contribution is -0.145. The van der Waals surface area contributed by atoms with Crippen LogP contribution in [0.2, 0.25) is 0 Å². The largest absolute Gasteiger partial charge is 0.462 e. The molecule has 0 aromatic carbocycles. The third kappa shape index (κ3) is 6.47. The van der Waals surface area contributed by atoms with E-state index in [1.165, 1.54) is 12.8 Å². The molecule has 0 saturated heterocycles. The Hall–Kier alpha value is -0.240. The second kappa shape index (κ2) is 7.41. The summed E-state index contributed by atoms with van der Waals surface area (Å²) >= 11 is 5.28. The maximum absolute atomic E-state index is 10.7. The Bertz CT molecular complexity index is 126.